The number of nitrogens with two attached hydrogens (primary N) is 1. The predicted molar refractivity (Wildman–Crippen MR) is 90.2 cm³/mol. The van der Waals surface area contributed by atoms with Gasteiger partial charge in [0.05, 0.1) is 10.0 Å². The molecule has 0 unspecified atom stereocenters. The molecule has 24 heavy (non-hydrogen) atoms. The molecule has 0 aliphatic carbocycles. The lowest BCUT2D eigenvalue weighted by Crippen LogP contribution is -2.83. The van der Waals surface area contributed by atoms with E-state index in [1.807, 2.05) is 42.6 Å². The van der Waals surface area contributed by atoms with Gasteiger partial charge in [0, 0.05) is 11.1 Å². The van der Waals surface area contributed by atoms with Crippen LogP contribution in [-0.2, 0) is 6.54 Å². The minimum Gasteiger partial charge on any atom is -0.333 e. The fourth-order valence-corrected chi connectivity index (χ4v) is 2.89. The van der Waals surface area contributed by atoms with E-state index in [4.69, 9.17) is 27.7 Å². The molecular formula is C17H15Cl2FN3O+. The van der Waals surface area contributed by atoms with Gasteiger partial charge in [0.25, 0.3) is 5.89 Å². The maximum atomic E-state index is 13.6. The first kappa shape index (κ1) is 16.9. The fourth-order valence-electron chi connectivity index (χ4n) is 2.33. The Morgan fingerprint density at radius 2 is 1.92 bits per heavy atom. The van der Waals surface area contributed by atoms with Crippen LogP contribution in [-0.4, -0.2) is 10.1 Å². The summed E-state index contributed by atoms with van der Waals surface area (Å²) in [5, 5.41) is 6.36. The second-order valence-corrected chi connectivity index (χ2v) is 6.21. The van der Waals surface area contributed by atoms with Crippen molar-refractivity contribution in [1.82, 2.24) is 10.1 Å². The lowest BCUT2D eigenvalue weighted by molar-refractivity contribution is -0.710. The molecule has 1 atom stereocenters. The van der Waals surface area contributed by atoms with E-state index in [2.05, 4.69) is 10.1 Å². The monoisotopic (exact) mass is 366 g/mol. The van der Waals surface area contributed by atoms with Crippen LogP contribution in [0.5, 0.6) is 0 Å². The van der Waals surface area contributed by atoms with Crippen LogP contribution in [0, 0.1) is 5.82 Å². The largest absolute Gasteiger partial charge is 0.333 e. The van der Waals surface area contributed by atoms with Crippen LogP contribution >= 0.6 is 23.2 Å². The third-order valence-electron chi connectivity index (χ3n) is 3.68. The number of hydrogen-bond donors (Lipinski definition) is 1. The van der Waals surface area contributed by atoms with Crippen LogP contribution in [0.15, 0.2) is 47.0 Å². The van der Waals surface area contributed by atoms with Crippen molar-refractivity contribution in [3.05, 3.63) is 69.8 Å². The topological polar surface area (TPSA) is 55.5 Å². The number of hydrogen-bond acceptors (Lipinski definition) is 3. The molecule has 124 valence electrons. The quantitative estimate of drug-likeness (QED) is 0.694. The van der Waals surface area contributed by atoms with Crippen LogP contribution in [0.4, 0.5) is 4.39 Å². The van der Waals surface area contributed by atoms with E-state index in [9.17, 15) is 4.39 Å². The lowest BCUT2D eigenvalue weighted by Gasteiger charge is -2.12. The molecular weight excluding hydrogens is 352 g/mol. The molecule has 0 bridgehead atoms. The summed E-state index contributed by atoms with van der Waals surface area (Å²) >= 11 is 11.9. The Morgan fingerprint density at radius 3 is 2.67 bits per heavy atom. The van der Waals surface area contributed by atoms with Gasteiger partial charge in [0.1, 0.15) is 11.9 Å². The maximum Gasteiger partial charge on any atom is 0.282 e. The Bertz CT molecular complexity index is 839. The zero-order chi connectivity index (χ0) is 17.1. The van der Waals surface area contributed by atoms with Crippen molar-refractivity contribution in [2.24, 2.45) is 0 Å². The number of halogens is 3. The van der Waals surface area contributed by atoms with Crippen molar-refractivity contribution < 1.29 is 14.2 Å². The Kier molecular flexibility index (Phi) is 5.14. The molecule has 1 heterocycles. The minimum absolute atomic E-state index is 0.0142. The molecule has 3 rings (SSSR count). The van der Waals surface area contributed by atoms with E-state index in [0.29, 0.717) is 28.8 Å². The summed E-state index contributed by atoms with van der Waals surface area (Å²) < 4.78 is 18.9. The van der Waals surface area contributed by atoms with E-state index in [0.717, 1.165) is 5.56 Å². The van der Waals surface area contributed by atoms with Crippen molar-refractivity contribution in [3.63, 3.8) is 0 Å². The van der Waals surface area contributed by atoms with Crippen LogP contribution in [0.25, 0.3) is 11.4 Å². The van der Waals surface area contributed by atoms with Crippen molar-refractivity contribution in [2.75, 3.05) is 0 Å². The molecule has 0 amide bonds. The van der Waals surface area contributed by atoms with Gasteiger partial charge in [0.2, 0.25) is 5.82 Å². The molecule has 3 aromatic rings. The number of benzene rings is 2. The smallest absolute Gasteiger partial charge is 0.282 e. The number of aromatic nitrogens is 2. The van der Waals surface area contributed by atoms with Gasteiger partial charge in [-0.15, -0.1) is 0 Å². The van der Waals surface area contributed by atoms with Crippen LogP contribution in [0.2, 0.25) is 10.0 Å². The summed E-state index contributed by atoms with van der Waals surface area (Å²) in [5.41, 5.74) is 1.56. The van der Waals surface area contributed by atoms with Gasteiger partial charge in [0.15, 0.2) is 6.54 Å². The zero-order valence-corrected chi connectivity index (χ0v) is 14.4. The van der Waals surface area contributed by atoms with Crippen LogP contribution in [0.1, 0.15) is 24.4 Å². The van der Waals surface area contributed by atoms with Crippen molar-refractivity contribution in [3.8, 4) is 11.4 Å². The SMILES string of the molecule is C[C@H]([NH2+]Cc1nc(-c2ccccc2)no1)c1cc(F)c(Cl)cc1Cl. The second-order valence-electron chi connectivity index (χ2n) is 5.39. The highest BCUT2D eigenvalue weighted by atomic mass is 35.5. The molecule has 0 radical (unpaired) electrons. The number of quaternary nitrogens is 1. The number of rotatable bonds is 5. The summed E-state index contributed by atoms with van der Waals surface area (Å²) in [6.45, 7) is 2.38. The van der Waals surface area contributed by atoms with Crippen molar-refractivity contribution in [2.45, 2.75) is 19.5 Å². The summed E-state index contributed by atoms with van der Waals surface area (Å²) in [5.74, 6) is 0.550. The third-order valence-corrected chi connectivity index (χ3v) is 4.29. The van der Waals surface area contributed by atoms with E-state index in [1.54, 1.807) is 0 Å². The Morgan fingerprint density at radius 1 is 1.17 bits per heavy atom. The molecule has 2 aromatic carbocycles. The average Bonchev–Trinajstić information content (AvgIpc) is 3.06. The standard InChI is InChI=1S/C17H14Cl2FN3O/c1-10(12-7-15(20)14(19)8-13(12)18)21-9-16-22-17(23-24-16)11-5-3-2-4-6-11/h2-8,10,21H,9H2,1H3/p+1/t10-/m0/s1. The van der Waals surface area contributed by atoms with E-state index >= 15 is 0 Å². The molecule has 0 fully saturated rings. The summed E-state index contributed by atoms with van der Waals surface area (Å²) in [7, 11) is 0. The molecule has 0 aliphatic rings. The van der Waals surface area contributed by atoms with Gasteiger partial charge < -0.3 is 9.84 Å². The molecule has 0 saturated heterocycles. The first-order chi connectivity index (χ1) is 11.5. The molecule has 0 aliphatic heterocycles. The van der Waals surface area contributed by atoms with Gasteiger partial charge in [-0.05, 0) is 19.1 Å². The normalized spacial score (nSPS) is 12.3. The average molecular weight is 367 g/mol. The molecule has 7 heteroatoms. The molecule has 1 aromatic heterocycles. The molecule has 2 N–H and O–H groups in total. The van der Waals surface area contributed by atoms with Gasteiger partial charge >= 0.3 is 0 Å². The van der Waals surface area contributed by atoms with Gasteiger partial charge in [-0.3, -0.25) is 0 Å². The predicted octanol–water partition coefficient (Wildman–Crippen LogP) is 4.01. The van der Waals surface area contributed by atoms with Gasteiger partial charge in [-0.2, -0.15) is 4.98 Å². The zero-order valence-electron chi connectivity index (χ0n) is 12.8. The highest BCUT2D eigenvalue weighted by molar-refractivity contribution is 6.35. The van der Waals surface area contributed by atoms with Crippen molar-refractivity contribution in [1.29, 1.82) is 0 Å². The molecule has 0 saturated carbocycles. The molecule has 0 spiro atoms. The van der Waals surface area contributed by atoms with Gasteiger partial charge in [-0.25, -0.2) is 4.39 Å². The maximum absolute atomic E-state index is 13.6. The first-order valence-corrected chi connectivity index (χ1v) is 8.16. The number of nitrogens with zero attached hydrogens (tertiary/aromatic N) is 2. The van der Waals surface area contributed by atoms with Gasteiger partial charge in [-0.1, -0.05) is 58.7 Å². The fraction of sp³-hybridized carbons (Fsp3) is 0.176. The second kappa shape index (κ2) is 7.30. The van der Waals surface area contributed by atoms with Crippen LogP contribution < -0.4 is 5.32 Å². The van der Waals surface area contributed by atoms with E-state index in [1.165, 1.54) is 12.1 Å². The lowest BCUT2D eigenvalue weighted by atomic mass is 10.1. The van der Waals surface area contributed by atoms with Crippen molar-refractivity contribution >= 4 is 23.2 Å². The summed E-state index contributed by atoms with van der Waals surface area (Å²) in [4.78, 5) is 4.36. The summed E-state index contributed by atoms with van der Waals surface area (Å²) in [6.07, 6.45) is 0. The third kappa shape index (κ3) is 3.75. The Balaban J connectivity index is 1.68. The van der Waals surface area contributed by atoms with E-state index in [-0.39, 0.29) is 11.1 Å². The highest BCUT2D eigenvalue weighted by Crippen LogP contribution is 2.27. The Labute approximate surface area is 148 Å². The summed E-state index contributed by atoms with van der Waals surface area (Å²) in [6, 6.07) is 12.3. The first-order valence-electron chi connectivity index (χ1n) is 7.40. The molecule has 4 nitrogen and oxygen atoms in total. The van der Waals surface area contributed by atoms with E-state index < -0.39 is 5.82 Å². The Hall–Kier alpha value is -1.95. The minimum atomic E-state index is -0.486. The van der Waals surface area contributed by atoms with Crippen LogP contribution in [0.3, 0.4) is 0 Å². The highest BCUT2D eigenvalue weighted by Gasteiger charge is 2.17.